The molecule has 0 radical (unpaired) electrons. The quantitative estimate of drug-likeness (QED) is 0.666. The lowest BCUT2D eigenvalue weighted by Crippen LogP contribution is -2.19. The number of furan rings is 1. The van der Waals surface area contributed by atoms with Crippen molar-refractivity contribution in [1.29, 1.82) is 0 Å². The molecule has 5 heteroatoms. The molecule has 0 unspecified atom stereocenters. The van der Waals surface area contributed by atoms with Crippen molar-refractivity contribution in [3.63, 3.8) is 0 Å². The van der Waals surface area contributed by atoms with Gasteiger partial charge in [0.05, 0.1) is 5.71 Å². The van der Waals surface area contributed by atoms with E-state index in [1.807, 2.05) is 19.9 Å². The smallest absolute Gasteiger partial charge is 0.271 e. The topological polar surface area (TPSA) is 74.8 Å². The van der Waals surface area contributed by atoms with E-state index in [4.69, 9.17) is 9.52 Å². The molecule has 0 bridgehead atoms. The Labute approximate surface area is 116 Å². The number of hydrogen-bond donors (Lipinski definition) is 2. The van der Waals surface area contributed by atoms with Gasteiger partial charge in [-0.05, 0) is 51.1 Å². The minimum atomic E-state index is -0.331. The number of carbonyl (C=O) groups is 1. The fourth-order valence-corrected chi connectivity index (χ4v) is 1.86. The number of amides is 1. The molecule has 1 amide bonds. The van der Waals surface area contributed by atoms with E-state index in [1.165, 1.54) is 24.3 Å². The normalized spacial score (nSPS) is 11.4. The molecule has 0 aliphatic heterocycles. The van der Waals surface area contributed by atoms with Crippen LogP contribution in [0.1, 0.15) is 34.4 Å². The predicted molar refractivity (Wildman–Crippen MR) is 76.0 cm³/mol. The number of benzene rings is 1. The highest BCUT2D eigenvalue weighted by atomic mass is 16.3. The molecule has 20 heavy (non-hydrogen) atoms. The van der Waals surface area contributed by atoms with E-state index in [0.717, 1.165) is 17.1 Å². The summed E-state index contributed by atoms with van der Waals surface area (Å²) in [6, 6.07) is 7.84. The summed E-state index contributed by atoms with van der Waals surface area (Å²) in [5.74, 6) is 1.35. The van der Waals surface area contributed by atoms with Gasteiger partial charge in [-0.2, -0.15) is 5.10 Å². The lowest BCUT2D eigenvalue weighted by molar-refractivity contribution is 0.0955. The predicted octanol–water partition coefficient (Wildman–Crippen LogP) is 2.76. The van der Waals surface area contributed by atoms with Crippen molar-refractivity contribution in [3.8, 4) is 5.75 Å². The zero-order chi connectivity index (χ0) is 14.7. The molecule has 2 N–H and O–H groups in total. The Morgan fingerprint density at radius 1 is 1.25 bits per heavy atom. The molecule has 0 saturated heterocycles. The van der Waals surface area contributed by atoms with Crippen molar-refractivity contribution in [2.24, 2.45) is 5.10 Å². The van der Waals surface area contributed by atoms with Crippen molar-refractivity contribution in [3.05, 3.63) is 53.0 Å². The fraction of sp³-hybridized carbons (Fsp3) is 0.200. The molecule has 2 rings (SSSR count). The van der Waals surface area contributed by atoms with Crippen molar-refractivity contribution < 1.29 is 14.3 Å². The van der Waals surface area contributed by atoms with Gasteiger partial charge in [0.15, 0.2) is 0 Å². The molecule has 1 heterocycles. The third-order valence-corrected chi connectivity index (χ3v) is 2.89. The van der Waals surface area contributed by atoms with Crippen molar-refractivity contribution in [2.45, 2.75) is 20.8 Å². The number of hydrazone groups is 1. The Morgan fingerprint density at radius 3 is 2.45 bits per heavy atom. The summed E-state index contributed by atoms with van der Waals surface area (Å²) < 4.78 is 5.42. The second kappa shape index (κ2) is 5.61. The summed E-state index contributed by atoms with van der Waals surface area (Å²) in [4.78, 5) is 11.9. The maximum absolute atomic E-state index is 11.9. The van der Waals surface area contributed by atoms with Crippen molar-refractivity contribution in [1.82, 2.24) is 5.43 Å². The average Bonchev–Trinajstić information content (AvgIpc) is 2.75. The van der Waals surface area contributed by atoms with E-state index >= 15 is 0 Å². The molecule has 1 aromatic carbocycles. The lowest BCUT2D eigenvalue weighted by atomic mass is 10.2. The van der Waals surface area contributed by atoms with E-state index in [0.29, 0.717) is 11.3 Å². The molecule has 0 aliphatic carbocycles. The number of aromatic hydroxyl groups is 1. The maximum Gasteiger partial charge on any atom is 0.271 e. The first kappa shape index (κ1) is 13.9. The summed E-state index contributed by atoms with van der Waals surface area (Å²) in [7, 11) is 0. The van der Waals surface area contributed by atoms with Gasteiger partial charge in [0.1, 0.15) is 17.3 Å². The number of nitrogens with zero attached hydrogens (tertiary/aromatic N) is 1. The number of phenolic OH excluding ortho intramolecular Hbond substituents is 1. The lowest BCUT2D eigenvalue weighted by Gasteiger charge is -2.02. The van der Waals surface area contributed by atoms with Gasteiger partial charge in [0.2, 0.25) is 0 Å². The standard InChI is InChI=1S/C15H16N2O3/c1-9-8-14(11(3)20-9)10(2)16-17-15(19)12-4-6-13(18)7-5-12/h4-8,18H,1-3H3,(H,17,19)/b16-10-. The van der Waals surface area contributed by atoms with Crippen molar-refractivity contribution >= 4 is 11.6 Å². The molecule has 0 saturated carbocycles. The van der Waals surface area contributed by atoms with Crippen LogP contribution in [0.15, 0.2) is 39.9 Å². The first-order valence-electron chi connectivity index (χ1n) is 6.18. The Kier molecular flexibility index (Phi) is 3.89. The Bertz CT molecular complexity index is 654. The van der Waals surface area contributed by atoms with E-state index in [9.17, 15) is 4.79 Å². The average molecular weight is 272 g/mol. The van der Waals surface area contributed by atoms with Gasteiger partial charge < -0.3 is 9.52 Å². The first-order chi connectivity index (χ1) is 9.47. The Morgan fingerprint density at radius 2 is 1.90 bits per heavy atom. The molecule has 1 aromatic heterocycles. The van der Waals surface area contributed by atoms with Crippen LogP contribution in [0.4, 0.5) is 0 Å². The van der Waals surface area contributed by atoms with E-state index < -0.39 is 0 Å². The summed E-state index contributed by atoms with van der Waals surface area (Å²) in [6.45, 7) is 5.51. The fourth-order valence-electron chi connectivity index (χ4n) is 1.86. The minimum absolute atomic E-state index is 0.116. The Balaban J connectivity index is 2.10. The number of hydrogen-bond acceptors (Lipinski definition) is 4. The Hall–Kier alpha value is -2.56. The van der Waals surface area contributed by atoms with Crippen LogP contribution in [-0.2, 0) is 0 Å². The molecule has 0 spiro atoms. The van der Waals surface area contributed by atoms with Crippen LogP contribution in [0.5, 0.6) is 5.75 Å². The third kappa shape index (κ3) is 3.06. The van der Waals surface area contributed by atoms with Gasteiger partial charge in [-0.15, -0.1) is 0 Å². The first-order valence-corrected chi connectivity index (χ1v) is 6.18. The monoisotopic (exact) mass is 272 g/mol. The van der Waals surface area contributed by atoms with Gasteiger partial charge in [-0.1, -0.05) is 0 Å². The van der Waals surface area contributed by atoms with Gasteiger partial charge in [-0.25, -0.2) is 5.43 Å². The number of phenols is 1. The molecule has 0 atom stereocenters. The number of nitrogens with one attached hydrogen (secondary N) is 1. The number of carbonyl (C=O) groups excluding carboxylic acids is 1. The van der Waals surface area contributed by atoms with Crippen LogP contribution in [0.2, 0.25) is 0 Å². The summed E-state index contributed by atoms with van der Waals surface area (Å²) in [6.07, 6.45) is 0. The SMILES string of the molecule is C/C(=N/NC(=O)c1ccc(O)cc1)c1cc(C)oc1C. The molecule has 0 fully saturated rings. The van der Waals surface area contributed by atoms with E-state index in [1.54, 1.807) is 6.92 Å². The highest BCUT2D eigenvalue weighted by molar-refractivity contribution is 6.01. The highest BCUT2D eigenvalue weighted by Gasteiger charge is 2.09. The molecule has 104 valence electrons. The molecular formula is C15H16N2O3. The summed E-state index contributed by atoms with van der Waals surface area (Å²) in [5.41, 5.74) is 4.45. The zero-order valence-corrected chi connectivity index (χ0v) is 11.6. The van der Waals surface area contributed by atoms with E-state index in [2.05, 4.69) is 10.5 Å². The van der Waals surface area contributed by atoms with E-state index in [-0.39, 0.29) is 11.7 Å². The van der Waals surface area contributed by atoms with Crippen LogP contribution >= 0.6 is 0 Å². The highest BCUT2D eigenvalue weighted by Crippen LogP contribution is 2.14. The summed E-state index contributed by atoms with van der Waals surface area (Å²) in [5, 5.41) is 13.2. The zero-order valence-electron chi connectivity index (χ0n) is 11.6. The van der Waals surface area contributed by atoms with Gasteiger partial charge in [0, 0.05) is 11.1 Å². The van der Waals surface area contributed by atoms with Crippen LogP contribution in [0.3, 0.4) is 0 Å². The van der Waals surface area contributed by atoms with Crippen LogP contribution in [0, 0.1) is 13.8 Å². The molecular weight excluding hydrogens is 256 g/mol. The second-order valence-corrected chi connectivity index (χ2v) is 4.51. The van der Waals surface area contributed by atoms with Gasteiger partial charge in [0.25, 0.3) is 5.91 Å². The molecule has 0 aliphatic rings. The number of aryl methyl sites for hydroxylation is 2. The second-order valence-electron chi connectivity index (χ2n) is 4.51. The van der Waals surface area contributed by atoms with Gasteiger partial charge in [-0.3, -0.25) is 4.79 Å². The summed E-state index contributed by atoms with van der Waals surface area (Å²) >= 11 is 0. The molecule has 2 aromatic rings. The number of rotatable bonds is 3. The third-order valence-electron chi connectivity index (χ3n) is 2.89. The van der Waals surface area contributed by atoms with Crippen LogP contribution < -0.4 is 5.43 Å². The van der Waals surface area contributed by atoms with Crippen LogP contribution in [0.25, 0.3) is 0 Å². The van der Waals surface area contributed by atoms with Crippen LogP contribution in [-0.4, -0.2) is 16.7 Å². The van der Waals surface area contributed by atoms with Gasteiger partial charge >= 0.3 is 0 Å². The van der Waals surface area contributed by atoms with Crippen molar-refractivity contribution in [2.75, 3.05) is 0 Å². The molecule has 5 nitrogen and oxygen atoms in total. The maximum atomic E-state index is 11.9. The minimum Gasteiger partial charge on any atom is -0.508 e. The largest absolute Gasteiger partial charge is 0.508 e.